The smallest absolute Gasteiger partial charge is 0.0841 e. The van der Waals surface area contributed by atoms with Gasteiger partial charge >= 0.3 is 0 Å². The Morgan fingerprint density at radius 3 is 2.88 bits per heavy atom. The molecule has 1 aliphatic heterocycles. The molecule has 0 spiro atoms. The number of hydrogen-bond donors (Lipinski definition) is 1. The summed E-state index contributed by atoms with van der Waals surface area (Å²) in [6.45, 7) is 2.14. The number of nitrogens with zero attached hydrogens (tertiary/aromatic N) is 1. The molecule has 2 atom stereocenters. The molecule has 2 rings (SSSR count). The molecule has 0 aromatic heterocycles. The maximum absolute atomic E-state index is 10.4. The van der Waals surface area contributed by atoms with Gasteiger partial charge < -0.3 is 10.0 Å². The average Bonchev–Trinajstić information content (AvgIpc) is 2.29. The Labute approximate surface area is 105 Å². The molecule has 0 radical (unpaired) electrons. The van der Waals surface area contributed by atoms with E-state index in [1.54, 1.807) is 0 Å². The molecule has 1 heterocycles. The molecule has 1 fully saturated rings. The molecule has 1 aromatic rings. The number of benzene rings is 1. The van der Waals surface area contributed by atoms with Gasteiger partial charge in [-0.3, -0.25) is 0 Å². The fourth-order valence-electron chi connectivity index (χ4n) is 2.43. The van der Waals surface area contributed by atoms with Crippen LogP contribution in [-0.4, -0.2) is 30.1 Å². The average molecular weight is 284 g/mol. The molecule has 1 aromatic carbocycles. The monoisotopic (exact) mass is 283 g/mol. The van der Waals surface area contributed by atoms with Crippen LogP contribution in [0.25, 0.3) is 0 Å². The summed E-state index contributed by atoms with van der Waals surface area (Å²) in [6.07, 6.45) is 1.95. The second-order valence-electron chi connectivity index (χ2n) is 4.63. The number of halogens is 1. The minimum absolute atomic E-state index is 0.349. The Morgan fingerprint density at radius 2 is 2.19 bits per heavy atom. The van der Waals surface area contributed by atoms with Crippen LogP contribution in [0, 0.1) is 5.92 Å². The molecule has 0 bridgehead atoms. The normalized spacial score (nSPS) is 24.3. The SMILES string of the molecule is CN1CCCC(C(O)c2ccccc2Br)C1. The van der Waals surface area contributed by atoms with E-state index in [1.165, 1.54) is 6.42 Å². The van der Waals surface area contributed by atoms with Crippen LogP contribution in [0.1, 0.15) is 24.5 Å². The number of piperidine rings is 1. The van der Waals surface area contributed by atoms with E-state index in [9.17, 15) is 5.11 Å². The first-order valence-electron chi connectivity index (χ1n) is 5.79. The van der Waals surface area contributed by atoms with Crippen LogP contribution in [0.4, 0.5) is 0 Å². The zero-order valence-corrected chi connectivity index (χ0v) is 11.2. The van der Waals surface area contributed by atoms with E-state index < -0.39 is 0 Å². The summed E-state index contributed by atoms with van der Waals surface area (Å²) in [5, 5.41) is 10.4. The first-order valence-corrected chi connectivity index (χ1v) is 6.59. The van der Waals surface area contributed by atoms with Crippen LogP contribution in [0.3, 0.4) is 0 Å². The maximum atomic E-state index is 10.4. The summed E-state index contributed by atoms with van der Waals surface area (Å²) in [5.74, 6) is 0.359. The van der Waals surface area contributed by atoms with Crippen LogP contribution < -0.4 is 0 Å². The molecule has 88 valence electrons. The fraction of sp³-hybridized carbons (Fsp3) is 0.538. The summed E-state index contributed by atoms with van der Waals surface area (Å²) >= 11 is 3.51. The minimum Gasteiger partial charge on any atom is -0.388 e. The molecule has 2 unspecified atom stereocenters. The minimum atomic E-state index is -0.349. The summed E-state index contributed by atoms with van der Waals surface area (Å²) in [4.78, 5) is 2.30. The first kappa shape index (κ1) is 12.1. The van der Waals surface area contributed by atoms with E-state index in [2.05, 4.69) is 27.9 Å². The lowest BCUT2D eigenvalue weighted by Crippen LogP contribution is -2.35. The van der Waals surface area contributed by atoms with Crippen LogP contribution in [-0.2, 0) is 0 Å². The Hall–Kier alpha value is -0.380. The molecule has 0 amide bonds. The molecule has 0 saturated carbocycles. The van der Waals surface area contributed by atoms with Crippen molar-refractivity contribution in [3.05, 3.63) is 34.3 Å². The highest BCUT2D eigenvalue weighted by Gasteiger charge is 2.26. The second kappa shape index (κ2) is 5.30. The van der Waals surface area contributed by atoms with Gasteiger partial charge in [0, 0.05) is 16.9 Å². The van der Waals surface area contributed by atoms with E-state index in [4.69, 9.17) is 0 Å². The van der Waals surface area contributed by atoms with Gasteiger partial charge in [-0.1, -0.05) is 34.1 Å². The topological polar surface area (TPSA) is 23.5 Å². The van der Waals surface area contributed by atoms with Crippen molar-refractivity contribution < 1.29 is 5.11 Å². The molecule has 2 nitrogen and oxygen atoms in total. The lowest BCUT2D eigenvalue weighted by atomic mass is 9.89. The summed E-state index contributed by atoms with van der Waals surface area (Å²) in [5.41, 5.74) is 1.02. The second-order valence-corrected chi connectivity index (χ2v) is 5.49. The maximum Gasteiger partial charge on any atom is 0.0841 e. The van der Waals surface area contributed by atoms with Crippen LogP contribution in [0.2, 0.25) is 0 Å². The third-order valence-electron chi connectivity index (χ3n) is 3.33. The highest BCUT2D eigenvalue weighted by molar-refractivity contribution is 9.10. The van der Waals surface area contributed by atoms with Crippen molar-refractivity contribution in [3.63, 3.8) is 0 Å². The first-order chi connectivity index (χ1) is 7.68. The van der Waals surface area contributed by atoms with Gasteiger partial charge in [0.1, 0.15) is 0 Å². The molecule has 1 saturated heterocycles. The van der Waals surface area contributed by atoms with Gasteiger partial charge in [-0.05, 0) is 38.1 Å². The van der Waals surface area contributed by atoms with Gasteiger partial charge in [-0.2, -0.15) is 0 Å². The van der Waals surface area contributed by atoms with E-state index in [1.807, 2.05) is 24.3 Å². The zero-order chi connectivity index (χ0) is 11.5. The lowest BCUT2D eigenvalue weighted by Gasteiger charge is -2.33. The molecule has 16 heavy (non-hydrogen) atoms. The van der Waals surface area contributed by atoms with E-state index in [0.29, 0.717) is 5.92 Å². The van der Waals surface area contributed by atoms with Gasteiger partial charge in [-0.15, -0.1) is 0 Å². The van der Waals surface area contributed by atoms with Crippen LogP contribution in [0.5, 0.6) is 0 Å². The Bertz CT molecular complexity index is 356. The predicted octanol–water partition coefficient (Wildman–Crippen LogP) is 2.82. The summed E-state index contributed by atoms with van der Waals surface area (Å²) < 4.78 is 1.01. The fourth-order valence-corrected chi connectivity index (χ4v) is 2.95. The molecule has 0 aliphatic carbocycles. The van der Waals surface area contributed by atoms with Crippen molar-refractivity contribution in [2.45, 2.75) is 18.9 Å². The number of likely N-dealkylation sites (tertiary alicyclic amines) is 1. The van der Waals surface area contributed by atoms with Crippen LogP contribution in [0.15, 0.2) is 28.7 Å². The number of rotatable bonds is 2. The van der Waals surface area contributed by atoms with Gasteiger partial charge in [0.15, 0.2) is 0 Å². The standard InChI is InChI=1S/C13H18BrNO/c1-15-8-4-5-10(9-15)13(16)11-6-2-3-7-12(11)14/h2-3,6-7,10,13,16H,4-5,8-9H2,1H3. The molecule has 1 N–H and O–H groups in total. The van der Waals surface area contributed by atoms with Gasteiger partial charge in [-0.25, -0.2) is 0 Å². The van der Waals surface area contributed by atoms with Gasteiger partial charge in [0.2, 0.25) is 0 Å². The van der Waals surface area contributed by atoms with Crippen molar-refractivity contribution in [1.29, 1.82) is 0 Å². The van der Waals surface area contributed by atoms with Gasteiger partial charge in [0.05, 0.1) is 6.10 Å². The largest absolute Gasteiger partial charge is 0.388 e. The number of aliphatic hydroxyl groups excluding tert-OH is 1. The van der Waals surface area contributed by atoms with E-state index >= 15 is 0 Å². The van der Waals surface area contributed by atoms with Crippen molar-refractivity contribution in [2.75, 3.05) is 20.1 Å². The quantitative estimate of drug-likeness (QED) is 0.902. The highest BCUT2D eigenvalue weighted by atomic mass is 79.9. The van der Waals surface area contributed by atoms with Gasteiger partial charge in [0.25, 0.3) is 0 Å². The predicted molar refractivity (Wildman–Crippen MR) is 69.3 cm³/mol. The third-order valence-corrected chi connectivity index (χ3v) is 4.05. The van der Waals surface area contributed by atoms with Crippen LogP contribution >= 0.6 is 15.9 Å². The lowest BCUT2D eigenvalue weighted by molar-refractivity contribution is 0.0587. The van der Waals surface area contributed by atoms with E-state index in [0.717, 1.165) is 29.5 Å². The highest BCUT2D eigenvalue weighted by Crippen LogP contribution is 2.32. The third kappa shape index (κ3) is 2.65. The van der Waals surface area contributed by atoms with Crippen molar-refractivity contribution in [3.8, 4) is 0 Å². The van der Waals surface area contributed by atoms with Crippen molar-refractivity contribution >= 4 is 15.9 Å². The zero-order valence-electron chi connectivity index (χ0n) is 9.56. The summed E-state index contributed by atoms with van der Waals surface area (Å²) in [7, 11) is 2.12. The Kier molecular flexibility index (Phi) is 4.00. The van der Waals surface area contributed by atoms with Crippen molar-refractivity contribution in [2.24, 2.45) is 5.92 Å². The molecule has 3 heteroatoms. The number of aliphatic hydroxyl groups is 1. The van der Waals surface area contributed by atoms with Crippen molar-refractivity contribution in [1.82, 2.24) is 4.90 Å². The number of hydrogen-bond acceptors (Lipinski definition) is 2. The summed E-state index contributed by atoms with van der Waals surface area (Å²) in [6, 6.07) is 7.96. The van der Waals surface area contributed by atoms with E-state index in [-0.39, 0.29) is 6.10 Å². The Morgan fingerprint density at radius 1 is 1.44 bits per heavy atom. The molecular formula is C13H18BrNO. The molecule has 1 aliphatic rings. The molecular weight excluding hydrogens is 266 g/mol. The Balaban J connectivity index is 2.12.